The van der Waals surface area contributed by atoms with E-state index >= 15 is 0 Å². The van der Waals surface area contributed by atoms with Crippen LogP contribution in [-0.2, 0) is 10.0 Å². The van der Waals surface area contributed by atoms with Gasteiger partial charge in [-0.2, -0.15) is 4.31 Å². The first-order valence-electron chi connectivity index (χ1n) is 8.98. The summed E-state index contributed by atoms with van der Waals surface area (Å²) in [5.74, 6) is -0.238. The van der Waals surface area contributed by atoms with E-state index < -0.39 is 10.0 Å². The molecule has 25 heavy (non-hydrogen) atoms. The smallest absolute Gasteiger partial charge is 0.251 e. The molecule has 7 heteroatoms. The van der Waals surface area contributed by atoms with Crippen molar-refractivity contribution in [1.82, 2.24) is 14.9 Å². The predicted molar refractivity (Wildman–Crippen MR) is 99.3 cm³/mol. The predicted octanol–water partition coefficient (Wildman–Crippen LogP) is 1.90. The second-order valence-corrected chi connectivity index (χ2v) is 8.55. The maximum absolute atomic E-state index is 12.8. The number of hydrogen-bond donors (Lipinski definition) is 2. The lowest BCUT2D eigenvalue weighted by Gasteiger charge is -2.26. The van der Waals surface area contributed by atoms with Gasteiger partial charge in [0.15, 0.2) is 0 Å². The van der Waals surface area contributed by atoms with Crippen LogP contribution < -0.4 is 10.6 Å². The van der Waals surface area contributed by atoms with Gasteiger partial charge >= 0.3 is 0 Å². The zero-order chi connectivity index (χ0) is 18.4. The van der Waals surface area contributed by atoms with Gasteiger partial charge in [-0.15, -0.1) is 0 Å². The lowest BCUT2D eigenvalue weighted by molar-refractivity contribution is 0.0949. The standard InChI is InChI=1S/C18H29N3O3S/c1-4-19-15(3)13-20-18(22)17-12-16(9-8-14(17)2)25(23,24)21-10-6-5-7-11-21/h8-9,12,15,19H,4-7,10-11,13H2,1-3H3,(H,20,22)/t15-/m1/s1. The molecule has 0 saturated carbocycles. The van der Waals surface area contributed by atoms with Crippen molar-refractivity contribution < 1.29 is 13.2 Å². The Kier molecular flexibility index (Phi) is 6.98. The molecule has 1 heterocycles. The van der Waals surface area contributed by atoms with E-state index in [0.717, 1.165) is 31.4 Å². The van der Waals surface area contributed by atoms with Gasteiger partial charge in [0.2, 0.25) is 10.0 Å². The largest absolute Gasteiger partial charge is 0.350 e. The van der Waals surface area contributed by atoms with Crippen molar-refractivity contribution in [2.24, 2.45) is 0 Å². The van der Waals surface area contributed by atoms with Crippen molar-refractivity contribution in [2.45, 2.75) is 51.0 Å². The quantitative estimate of drug-likeness (QED) is 0.771. The van der Waals surface area contributed by atoms with E-state index in [0.29, 0.717) is 25.2 Å². The SMILES string of the molecule is CCN[C@H](C)CNC(=O)c1cc(S(=O)(=O)N2CCCCC2)ccc1C. The van der Waals surface area contributed by atoms with Crippen molar-refractivity contribution >= 4 is 15.9 Å². The number of piperidine rings is 1. The Balaban J connectivity index is 2.17. The van der Waals surface area contributed by atoms with Crippen LogP contribution in [0.4, 0.5) is 0 Å². The molecule has 0 bridgehead atoms. The van der Waals surface area contributed by atoms with Gasteiger partial charge < -0.3 is 10.6 Å². The number of benzene rings is 1. The Morgan fingerprint density at radius 2 is 1.92 bits per heavy atom. The van der Waals surface area contributed by atoms with Gasteiger partial charge in [0.05, 0.1) is 4.90 Å². The van der Waals surface area contributed by atoms with Gasteiger partial charge in [0.25, 0.3) is 5.91 Å². The molecule has 0 unspecified atom stereocenters. The number of hydrogen-bond acceptors (Lipinski definition) is 4. The summed E-state index contributed by atoms with van der Waals surface area (Å²) < 4.78 is 27.1. The van der Waals surface area contributed by atoms with Gasteiger partial charge in [0, 0.05) is 31.2 Å². The highest BCUT2D eigenvalue weighted by molar-refractivity contribution is 7.89. The molecule has 0 radical (unpaired) electrons. The first kappa shape index (κ1) is 19.9. The maximum atomic E-state index is 12.8. The highest BCUT2D eigenvalue weighted by Crippen LogP contribution is 2.22. The summed E-state index contributed by atoms with van der Waals surface area (Å²) in [6.07, 6.45) is 2.85. The molecule has 1 saturated heterocycles. The molecule has 1 atom stereocenters. The Hall–Kier alpha value is -1.44. The van der Waals surface area contributed by atoms with Crippen molar-refractivity contribution in [2.75, 3.05) is 26.2 Å². The number of nitrogens with zero attached hydrogens (tertiary/aromatic N) is 1. The molecule has 140 valence electrons. The molecular weight excluding hydrogens is 338 g/mol. The van der Waals surface area contributed by atoms with E-state index in [-0.39, 0.29) is 16.8 Å². The molecule has 1 aliphatic heterocycles. The van der Waals surface area contributed by atoms with Crippen molar-refractivity contribution in [1.29, 1.82) is 0 Å². The number of carbonyl (C=O) groups excluding carboxylic acids is 1. The zero-order valence-electron chi connectivity index (χ0n) is 15.3. The Labute approximate surface area is 151 Å². The van der Waals surface area contributed by atoms with E-state index in [1.807, 2.05) is 20.8 Å². The van der Waals surface area contributed by atoms with Crippen LogP contribution >= 0.6 is 0 Å². The fourth-order valence-electron chi connectivity index (χ4n) is 3.02. The van der Waals surface area contributed by atoms with Gasteiger partial charge in [0.1, 0.15) is 0 Å². The zero-order valence-corrected chi connectivity index (χ0v) is 16.2. The molecule has 0 spiro atoms. The summed E-state index contributed by atoms with van der Waals surface area (Å²) in [6.45, 7) is 8.26. The maximum Gasteiger partial charge on any atom is 0.251 e. The number of carbonyl (C=O) groups is 1. The van der Waals surface area contributed by atoms with E-state index in [2.05, 4.69) is 10.6 Å². The summed E-state index contributed by atoms with van der Waals surface area (Å²) in [4.78, 5) is 12.7. The Morgan fingerprint density at radius 3 is 2.56 bits per heavy atom. The second-order valence-electron chi connectivity index (χ2n) is 6.61. The molecule has 1 aromatic rings. The minimum Gasteiger partial charge on any atom is -0.350 e. The third kappa shape index (κ3) is 5.03. The van der Waals surface area contributed by atoms with Crippen LogP contribution in [0.2, 0.25) is 0 Å². The van der Waals surface area contributed by atoms with Crippen molar-refractivity contribution in [3.05, 3.63) is 29.3 Å². The molecule has 2 N–H and O–H groups in total. The summed E-state index contributed by atoms with van der Waals surface area (Å²) in [5.41, 5.74) is 1.19. The monoisotopic (exact) mass is 367 g/mol. The number of likely N-dealkylation sites (N-methyl/N-ethyl adjacent to an activating group) is 1. The first-order chi connectivity index (χ1) is 11.9. The lowest BCUT2D eigenvalue weighted by Crippen LogP contribution is -2.39. The normalized spacial score (nSPS) is 17.2. The Morgan fingerprint density at radius 1 is 1.24 bits per heavy atom. The number of amides is 1. The number of sulfonamides is 1. The van der Waals surface area contributed by atoms with Crippen molar-refractivity contribution in [3.63, 3.8) is 0 Å². The van der Waals surface area contributed by atoms with Crippen molar-refractivity contribution in [3.8, 4) is 0 Å². The molecule has 1 aromatic carbocycles. The molecule has 1 amide bonds. The second kappa shape index (κ2) is 8.78. The first-order valence-corrected chi connectivity index (χ1v) is 10.4. The van der Waals surface area contributed by atoms with Crippen LogP contribution in [0.25, 0.3) is 0 Å². The highest BCUT2D eigenvalue weighted by atomic mass is 32.2. The van der Waals surface area contributed by atoms with Crippen LogP contribution in [0.3, 0.4) is 0 Å². The molecule has 1 aliphatic rings. The fraction of sp³-hybridized carbons (Fsp3) is 0.611. The van der Waals surface area contributed by atoms with Crippen LogP contribution in [0.5, 0.6) is 0 Å². The van der Waals surface area contributed by atoms with E-state index in [9.17, 15) is 13.2 Å². The van der Waals surface area contributed by atoms with Crippen LogP contribution in [0, 0.1) is 6.92 Å². The minimum absolute atomic E-state index is 0.162. The minimum atomic E-state index is -3.53. The average Bonchev–Trinajstić information content (AvgIpc) is 2.61. The third-order valence-corrected chi connectivity index (χ3v) is 6.42. The summed E-state index contributed by atoms with van der Waals surface area (Å²) >= 11 is 0. The van der Waals surface area contributed by atoms with Gasteiger partial charge in [-0.3, -0.25) is 4.79 Å². The summed E-state index contributed by atoms with van der Waals surface area (Å²) in [5, 5.41) is 6.10. The molecule has 6 nitrogen and oxygen atoms in total. The number of rotatable bonds is 7. The van der Waals surface area contributed by atoms with Gasteiger partial charge in [-0.05, 0) is 50.9 Å². The highest BCUT2D eigenvalue weighted by Gasteiger charge is 2.27. The van der Waals surface area contributed by atoms with Crippen LogP contribution in [0.15, 0.2) is 23.1 Å². The molecule has 0 aromatic heterocycles. The van der Waals surface area contributed by atoms with E-state index in [1.165, 1.54) is 10.4 Å². The molecular formula is C18H29N3O3S. The van der Waals surface area contributed by atoms with Gasteiger partial charge in [-0.1, -0.05) is 19.4 Å². The molecule has 0 aliphatic carbocycles. The molecule has 1 fully saturated rings. The van der Waals surface area contributed by atoms with E-state index in [4.69, 9.17) is 0 Å². The number of aryl methyl sites for hydroxylation is 1. The number of nitrogens with one attached hydrogen (secondary N) is 2. The van der Waals surface area contributed by atoms with Crippen LogP contribution in [-0.4, -0.2) is 50.9 Å². The third-order valence-electron chi connectivity index (χ3n) is 4.53. The van der Waals surface area contributed by atoms with Gasteiger partial charge in [-0.25, -0.2) is 8.42 Å². The fourth-order valence-corrected chi connectivity index (χ4v) is 4.57. The van der Waals surface area contributed by atoms with E-state index in [1.54, 1.807) is 12.1 Å². The Bertz CT molecular complexity index is 698. The summed E-state index contributed by atoms with van der Waals surface area (Å²) in [6, 6.07) is 4.97. The van der Waals surface area contributed by atoms with Crippen LogP contribution in [0.1, 0.15) is 49.0 Å². The average molecular weight is 368 g/mol. The summed E-state index contributed by atoms with van der Waals surface area (Å²) in [7, 11) is -3.53. The lowest BCUT2D eigenvalue weighted by atomic mass is 10.1. The molecule has 2 rings (SSSR count). The topological polar surface area (TPSA) is 78.5 Å².